The lowest BCUT2D eigenvalue weighted by atomic mass is 10.0. The number of fused-ring (bicyclic) bond motifs is 2. The Hall–Kier alpha value is -3.54. The van der Waals surface area contributed by atoms with Crippen molar-refractivity contribution < 1.29 is 9.18 Å². The summed E-state index contributed by atoms with van der Waals surface area (Å²) >= 11 is 0. The molecule has 4 aromatic rings. The minimum absolute atomic E-state index is 0.111. The van der Waals surface area contributed by atoms with Crippen LogP contribution in [0.3, 0.4) is 0 Å². The number of carbonyl (C=O) groups excluding carboxylic acids is 1. The average molecular weight is 372 g/mol. The van der Waals surface area contributed by atoms with Crippen LogP contribution in [0.2, 0.25) is 0 Å². The quantitative estimate of drug-likeness (QED) is 0.548. The molecule has 0 radical (unpaired) electrons. The molecule has 1 aliphatic heterocycles. The molecule has 0 N–H and O–H groups in total. The summed E-state index contributed by atoms with van der Waals surface area (Å²) in [6.07, 6.45) is 3.63. The molecule has 0 bridgehead atoms. The van der Waals surface area contributed by atoms with Crippen LogP contribution in [-0.2, 0) is 20.1 Å². The normalized spacial score (nSPS) is 13.4. The van der Waals surface area contributed by atoms with Gasteiger partial charge in [-0.05, 0) is 29.8 Å². The lowest BCUT2D eigenvalue weighted by Crippen LogP contribution is -2.23. The van der Waals surface area contributed by atoms with Crippen LogP contribution in [0.5, 0.6) is 0 Å². The fourth-order valence-corrected chi connectivity index (χ4v) is 3.78. The highest BCUT2D eigenvalue weighted by Gasteiger charge is 2.28. The molecule has 0 atom stereocenters. The second-order valence-electron chi connectivity index (χ2n) is 7.01. The van der Waals surface area contributed by atoms with Gasteiger partial charge in [0.25, 0.3) is 5.91 Å². The van der Waals surface area contributed by atoms with Crippen LogP contribution in [0.25, 0.3) is 22.0 Å². The summed E-state index contributed by atoms with van der Waals surface area (Å²) in [4.78, 5) is 18.5. The summed E-state index contributed by atoms with van der Waals surface area (Å²) in [5.41, 5.74) is 4.50. The fraction of sp³-hybridized carbons (Fsp3) is 0.136. The Bertz CT molecular complexity index is 1230. The van der Waals surface area contributed by atoms with E-state index in [1.165, 1.54) is 6.07 Å². The van der Waals surface area contributed by atoms with Gasteiger partial charge in [-0.1, -0.05) is 24.3 Å². The number of aromatic nitrogens is 3. The van der Waals surface area contributed by atoms with Gasteiger partial charge in [-0.2, -0.15) is 5.10 Å². The second-order valence-corrected chi connectivity index (χ2v) is 7.01. The Morgan fingerprint density at radius 1 is 1.11 bits per heavy atom. The molecular formula is C22H17FN4O. The Morgan fingerprint density at radius 3 is 2.82 bits per heavy atom. The molecule has 5 rings (SSSR count). The number of hydrogen-bond donors (Lipinski definition) is 0. The molecule has 0 unspecified atom stereocenters. The number of amides is 1. The highest BCUT2D eigenvalue weighted by atomic mass is 19.1. The lowest BCUT2D eigenvalue weighted by molar-refractivity contribution is 0.0765. The number of aryl methyl sites for hydroxylation is 1. The molecule has 0 saturated carbocycles. The summed E-state index contributed by atoms with van der Waals surface area (Å²) in [6.45, 7) is 0.599. The predicted molar refractivity (Wildman–Crippen MR) is 104 cm³/mol. The van der Waals surface area contributed by atoms with Crippen LogP contribution in [0.1, 0.15) is 21.6 Å². The van der Waals surface area contributed by atoms with Crippen LogP contribution in [-0.4, -0.2) is 25.6 Å². The van der Waals surface area contributed by atoms with Crippen molar-refractivity contribution in [3.05, 3.63) is 83.6 Å². The molecule has 6 heteroatoms. The SMILES string of the molecule is Cn1cc2cccc(-c3ccc(F)c(CN4Cc5ncccc5C4=O)c3)c2n1. The minimum atomic E-state index is -0.325. The van der Waals surface area contributed by atoms with Gasteiger partial charge in [0.1, 0.15) is 11.3 Å². The van der Waals surface area contributed by atoms with E-state index < -0.39 is 0 Å². The number of hydrogen-bond acceptors (Lipinski definition) is 3. The topological polar surface area (TPSA) is 51.0 Å². The molecule has 3 heterocycles. The summed E-state index contributed by atoms with van der Waals surface area (Å²) < 4.78 is 16.3. The Morgan fingerprint density at radius 2 is 1.96 bits per heavy atom. The van der Waals surface area contributed by atoms with Gasteiger partial charge in [0.15, 0.2) is 0 Å². The molecular weight excluding hydrogens is 355 g/mol. The van der Waals surface area contributed by atoms with Gasteiger partial charge in [-0.25, -0.2) is 4.39 Å². The molecule has 5 nitrogen and oxygen atoms in total. The maximum Gasteiger partial charge on any atom is 0.256 e. The number of halogens is 1. The molecule has 0 spiro atoms. The van der Waals surface area contributed by atoms with E-state index in [2.05, 4.69) is 10.1 Å². The molecule has 28 heavy (non-hydrogen) atoms. The second kappa shape index (κ2) is 6.27. The van der Waals surface area contributed by atoms with E-state index in [9.17, 15) is 9.18 Å². The third kappa shape index (κ3) is 2.65. The number of nitrogens with zero attached hydrogens (tertiary/aromatic N) is 4. The first-order valence-corrected chi connectivity index (χ1v) is 9.04. The third-order valence-electron chi connectivity index (χ3n) is 5.12. The Labute approximate surface area is 161 Å². The summed E-state index contributed by atoms with van der Waals surface area (Å²) in [6, 6.07) is 14.5. The van der Waals surface area contributed by atoms with Crippen molar-refractivity contribution >= 4 is 16.8 Å². The first-order chi connectivity index (χ1) is 13.6. The summed E-state index contributed by atoms with van der Waals surface area (Å²) in [7, 11) is 1.88. The van der Waals surface area contributed by atoms with Crippen molar-refractivity contribution in [2.75, 3.05) is 0 Å². The van der Waals surface area contributed by atoms with Gasteiger partial charge < -0.3 is 4.90 Å². The van der Waals surface area contributed by atoms with Gasteiger partial charge in [0.2, 0.25) is 0 Å². The molecule has 0 aliphatic carbocycles. The third-order valence-corrected chi connectivity index (χ3v) is 5.12. The molecule has 0 fully saturated rings. The van der Waals surface area contributed by atoms with E-state index in [-0.39, 0.29) is 18.3 Å². The van der Waals surface area contributed by atoms with E-state index in [0.717, 1.165) is 27.7 Å². The van der Waals surface area contributed by atoms with Gasteiger partial charge >= 0.3 is 0 Å². The van der Waals surface area contributed by atoms with Gasteiger partial charge in [-0.3, -0.25) is 14.5 Å². The van der Waals surface area contributed by atoms with Crippen molar-refractivity contribution in [3.8, 4) is 11.1 Å². The van der Waals surface area contributed by atoms with Crippen LogP contribution in [0, 0.1) is 5.82 Å². The van der Waals surface area contributed by atoms with E-state index in [0.29, 0.717) is 17.7 Å². The van der Waals surface area contributed by atoms with Gasteiger partial charge in [0.05, 0.1) is 17.8 Å². The predicted octanol–water partition coefficient (Wildman–Crippen LogP) is 3.93. The number of pyridine rings is 1. The van der Waals surface area contributed by atoms with E-state index >= 15 is 0 Å². The highest BCUT2D eigenvalue weighted by Crippen LogP contribution is 2.30. The van der Waals surface area contributed by atoms with Crippen molar-refractivity contribution in [3.63, 3.8) is 0 Å². The maximum absolute atomic E-state index is 14.5. The van der Waals surface area contributed by atoms with Crippen LogP contribution in [0.4, 0.5) is 4.39 Å². The smallest absolute Gasteiger partial charge is 0.256 e. The molecule has 1 amide bonds. The van der Waals surface area contributed by atoms with Crippen LogP contribution in [0.15, 0.2) is 60.9 Å². The van der Waals surface area contributed by atoms with E-state index in [1.807, 2.05) is 37.5 Å². The number of benzene rings is 2. The fourth-order valence-electron chi connectivity index (χ4n) is 3.78. The van der Waals surface area contributed by atoms with E-state index in [4.69, 9.17) is 0 Å². The average Bonchev–Trinajstić information content (AvgIpc) is 3.23. The molecule has 2 aromatic heterocycles. The first-order valence-electron chi connectivity index (χ1n) is 9.04. The molecule has 1 aliphatic rings. The first kappa shape index (κ1) is 16.6. The standard InChI is InChI=1S/C22H17FN4O/c1-26-11-15-4-2-5-17(21(15)25-26)14-7-8-19(23)16(10-14)12-27-13-20-18(22(27)28)6-3-9-24-20/h2-11H,12-13H2,1H3. The minimum Gasteiger partial charge on any atom is -0.328 e. The summed E-state index contributed by atoms with van der Waals surface area (Å²) in [5.74, 6) is -0.437. The van der Waals surface area contributed by atoms with Crippen molar-refractivity contribution in [1.82, 2.24) is 19.7 Å². The van der Waals surface area contributed by atoms with Crippen molar-refractivity contribution in [2.24, 2.45) is 7.05 Å². The van der Waals surface area contributed by atoms with Crippen LogP contribution < -0.4 is 0 Å². The largest absolute Gasteiger partial charge is 0.328 e. The lowest BCUT2D eigenvalue weighted by Gasteiger charge is -2.17. The molecule has 138 valence electrons. The zero-order chi connectivity index (χ0) is 19.3. The van der Waals surface area contributed by atoms with Crippen molar-refractivity contribution in [1.29, 1.82) is 0 Å². The molecule has 0 saturated heterocycles. The summed E-state index contributed by atoms with van der Waals surface area (Å²) in [5, 5.41) is 5.56. The van der Waals surface area contributed by atoms with Crippen molar-refractivity contribution in [2.45, 2.75) is 13.1 Å². The highest BCUT2D eigenvalue weighted by molar-refractivity contribution is 5.97. The number of rotatable bonds is 3. The maximum atomic E-state index is 14.5. The van der Waals surface area contributed by atoms with E-state index in [1.54, 1.807) is 34.0 Å². The Kier molecular flexibility index (Phi) is 3.72. The van der Waals surface area contributed by atoms with Crippen LogP contribution >= 0.6 is 0 Å². The Balaban J connectivity index is 1.51. The van der Waals surface area contributed by atoms with Gasteiger partial charge in [0, 0.05) is 42.5 Å². The monoisotopic (exact) mass is 372 g/mol. The molecule has 2 aromatic carbocycles. The zero-order valence-corrected chi connectivity index (χ0v) is 15.3. The van der Waals surface area contributed by atoms with Gasteiger partial charge in [-0.15, -0.1) is 0 Å². The number of carbonyl (C=O) groups is 1. The zero-order valence-electron chi connectivity index (χ0n) is 15.3.